The van der Waals surface area contributed by atoms with E-state index in [1.54, 1.807) is 54.6 Å². The maximum absolute atomic E-state index is 13.2. The molecule has 3 amide bonds. The molecule has 0 spiro atoms. The molecule has 0 atom stereocenters. The summed E-state index contributed by atoms with van der Waals surface area (Å²) in [5.74, 6) is -1.05. The smallest absolute Gasteiger partial charge is 0.272 e. The number of nitro groups is 1. The highest BCUT2D eigenvalue weighted by molar-refractivity contribution is 8.00. The number of nitro benzene ring substituents is 1. The number of hydrogen-bond donors (Lipinski definition) is 3. The molecule has 0 bridgehead atoms. The van der Waals surface area contributed by atoms with Gasteiger partial charge in [0.25, 0.3) is 17.5 Å². The van der Waals surface area contributed by atoms with Crippen LogP contribution in [0.25, 0.3) is 6.08 Å². The van der Waals surface area contributed by atoms with Crippen molar-refractivity contribution in [1.29, 1.82) is 0 Å². The van der Waals surface area contributed by atoms with Crippen molar-refractivity contribution in [2.45, 2.75) is 11.8 Å². The van der Waals surface area contributed by atoms with Crippen LogP contribution < -0.4 is 16.0 Å². The van der Waals surface area contributed by atoms with E-state index >= 15 is 0 Å². The first-order valence-corrected chi connectivity index (χ1v) is 13.7. The molecule has 4 aromatic rings. The standard InChI is InChI=1S/C28H23N5O5S2/c1-18-16-40-28(29-18)32-25(34)17-39-23-13-9-21(10-14-23)30-27(36)24(31-26(35)20-5-3-2-4-6-20)15-19-7-11-22(12-8-19)33(37)38/h2-16H,17H2,1H3,(H,30,36)(H,31,35)(H,29,32,34)/b24-15-. The van der Waals surface area contributed by atoms with Crippen LogP contribution in [0, 0.1) is 17.0 Å². The number of hydrogen-bond acceptors (Lipinski definition) is 8. The second-order valence-corrected chi connectivity index (χ2v) is 10.2. The lowest BCUT2D eigenvalue weighted by Crippen LogP contribution is -2.30. The maximum atomic E-state index is 13.2. The Balaban J connectivity index is 1.43. The molecule has 0 radical (unpaired) electrons. The van der Waals surface area contributed by atoms with E-state index in [9.17, 15) is 24.5 Å². The monoisotopic (exact) mass is 573 g/mol. The summed E-state index contributed by atoms with van der Waals surface area (Å²) >= 11 is 2.70. The van der Waals surface area contributed by atoms with Crippen LogP contribution in [-0.2, 0) is 9.59 Å². The summed E-state index contributed by atoms with van der Waals surface area (Å²) in [6.45, 7) is 1.85. The largest absolute Gasteiger partial charge is 0.321 e. The zero-order chi connectivity index (χ0) is 28.5. The highest BCUT2D eigenvalue weighted by Gasteiger charge is 2.16. The Kier molecular flexibility index (Phi) is 9.39. The highest BCUT2D eigenvalue weighted by atomic mass is 32.2. The molecule has 0 aliphatic carbocycles. The molecule has 3 N–H and O–H groups in total. The molecule has 1 heterocycles. The van der Waals surface area contributed by atoms with Gasteiger partial charge in [0.1, 0.15) is 5.70 Å². The Hall–Kier alpha value is -4.81. The summed E-state index contributed by atoms with van der Waals surface area (Å²) in [6, 6.07) is 20.9. The van der Waals surface area contributed by atoms with Gasteiger partial charge in [0.2, 0.25) is 5.91 Å². The van der Waals surface area contributed by atoms with Gasteiger partial charge in [0, 0.05) is 33.7 Å². The summed E-state index contributed by atoms with van der Waals surface area (Å²) in [6.07, 6.45) is 1.44. The number of benzene rings is 3. The third-order valence-electron chi connectivity index (χ3n) is 5.29. The van der Waals surface area contributed by atoms with Gasteiger partial charge < -0.3 is 16.0 Å². The molecule has 0 aliphatic rings. The number of anilines is 2. The van der Waals surface area contributed by atoms with Crippen molar-refractivity contribution < 1.29 is 19.3 Å². The van der Waals surface area contributed by atoms with Gasteiger partial charge in [-0.05, 0) is 67.1 Å². The fraction of sp³-hybridized carbons (Fsp3) is 0.0714. The van der Waals surface area contributed by atoms with Gasteiger partial charge in [-0.2, -0.15) is 0 Å². The van der Waals surface area contributed by atoms with Crippen LogP contribution in [-0.4, -0.2) is 33.4 Å². The topological polar surface area (TPSA) is 143 Å². The SMILES string of the molecule is Cc1csc(NC(=O)CSc2ccc(NC(=O)/C(=C/c3ccc([N+](=O)[O-])cc3)NC(=O)c3ccccc3)cc2)n1. The van der Waals surface area contributed by atoms with Gasteiger partial charge >= 0.3 is 0 Å². The van der Waals surface area contributed by atoms with E-state index < -0.39 is 16.7 Å². The van der Waals surface area contributed by atoms with Crippen LogP contribution in [0.1, 0.15) is 21.6 Å². The number of carbonyl (C=O) groups is 3. The maximum Gasteiger partial charge on any atom is 0.272 e. The van der Waals surface area contributed by atoms with Crippen molar-refractivity contribution in [2.24, 2.45) is 0 Å². The first-order chi connectivity index (χ1) is 19.3. The Morgan fingerprint density at radius 1 is 0.975 bits per heavy atom. The van der Waals surface area contributed by atoms with E-state index in [2.05, 4.69) is 20.9 Å². The quantitative estimate of drug-likeness (QED) is 0.0984. The Morgan fingerprint density at radius 3 is 2.30 bits per heavy atom. The van der Waals surface area contributed by atoms with Gasteiger partial charge in [-0.15, -0.1) is 23.1 Å². The molecule has 3 aromatic carbocycles. The number of nitrogens with one attached hydrogen (secondary N) is 3. The zero-order valence-electron chi connectivity index (χ0n) is 21.1. The molecule has 202 valence electrons. The number of thioether (sulfide) groups is 1. The van der Waals surface area contributed by atoms with Crippen LogP contribution >= 0.6 is 23.1 Å². The normalized spacial score (nSPS) is 11.0. The minimum atomic E-state index is -0.582. The Morgan fingerprint density at radius 2 is 1.68 bits per heavy atom. The average molecular weight is 574 g/mol. The molecule has 10 nitrogen and oxygen atoms in total. The number of rotatable bonds is 10. The Labute approximate surface area is 237 Å². The predicted molar refractivity (Wildman–Crippen MR) is 156 cm³/mol. The lowest BCUT2D eigenvalue weighted by atomic mass is 10.1. The Bertz CT molecular complexity index is 1550. The van der Waals surface area contributed by atoms with Crippen molar-refractivity contribution >= 4 is 63.4 Å². The highest BCUT2D eigenvalue weighted by Crippen LogP contribution is 2.22. The number of aromatic nitrogens is 1. The van der Waals surface area contributed by atoms with Gasteiger partial charge in [-0.1, -0.05) is 18.2 Å². The molecule has 0 saturated carbocycles. The average Bonchev–Trinajstić information content (AvgIpc) is 3.37. The second kappa shape index (κ2) is 13.3. The first kappa shape index (κ1) is 28.2. The fourth-order valence-corrected chi connectivity index (χ4v) is 4.75. The zero-order valence-corrected chi connectivity index (χ0v) is 22.8. The first-order valence-electron chi connectivity index (χ1n) is 11.9. The second-order valence-electron chi connectivity index (χ2n) is 8.34. The van der Waals surface area contributed by atoms with Gasteiger partial charge in [-0.3, -0.25) is 24.5 Å². The van der Waals surface area contributed by atoms with Crippen LogP contribution in [0.5, 0.6) is 0 Å². The fourth-order valence-electron chi connectivity index (χ4n) is 3.35. The number of amides is 3. The molecule has 40 heavy (non-hydrogen) atoms. The third kappa shape index (κ3) is 8.09. The molecular weight excluding hydrogens is 550 g/mol. The molecule has 0 saturated heterocycles. The van der Waals surface area contributed by atoms with E-state index in [0.29, 0.717) is 21.9 Å². The van der Waals surface area contributed by atoms with E-state index in [-0.39, 0.29) is 23.0 Å². The summed E-state index contributed by atoms with van der Waals surface area (Å²) < 4.78 is 0. The number of aryl methyl sites for hydroxylation is 1. The van der Waals surface area contributed by atoms with Gasteiger partial charge in [-0.25, -0.2) is 4.98 Å². The van der Waals surface area contributed by atoms with E-state index in [1.165, 1.54) is 53.4 Å². The van der Waals surface area contributed by atoms with Crippen LogP contribution in [0.2, 0.25) is 0 Å². The molecule has 0 unspecified atom stereocenters. The minimum Gasteiger partial charge on any atom is -0.321 e. The number of non-ortho nitro benzene ring substituents is 1. The van der Waals surface area contributed by atoms with E-state index in [4.69, 9.17) is 0 Å². The van der Waals surface area contributed by atoms with E-state index in [1.807, 2.05) is 12.3 Å². The molecular formula is C28H23N5O5S2. The van der Waals surface area contributed by atoms with Crippen molar-refractivity contribution in [1.82, 2.24) is 10.3 Å². The predicted octanol–water partition coefficient (Wildman–Crippen LogP) is 5.50. The van der Waals surface area contributed by atoms with Crippen molar-refractivity contribution in [3.05, 3.63) is 117 Å². The van der Waals surface area contributed by atoms with Crippen LogP contribution in [0.4, 0.5) is 16.5 Å². The van der Waals surface area contributed by atoms with Crippen molar-refractivity contribution in [3.8, 4) is 0 Å². The molecule has 4 rings (SSSR count). The summed E-state index contributed by atoms with van der Waals surface area (Å²) in [4.78, 5) is 53.6. The number of carbonyl (C=O) groups excluding carboxylic acids is 3. The van der Waals surface area contributed by atoms with E-state index in [0.717, 1.165) is 10.6 Å². The lowest BCUT2D eigenvalue weighted by molar-refractivity contribution is -0.384. The van der Waals surface area contributed by atoms with Gasteiger partial charge in [0.15, 0.2) is 5.13 Å². The lowest BCUT2D eigenvalue weighted by Gasteiger charge is -2.12. The number of nitrogens with zero attached hydrogens (tertiary/aromatic N) is 2. The van der Waals surface area contributed by atoms with Crippen molar-refractivity contribution in [2.75, 3.05) is 16.4 Å². The number of thiazole rings is 1. The summed E-state index contributed by atoms with van der Waals surface area (Å²) in [5.41, 5.74) is 2.03. The van der Waals surface area contributed by atoms with Crippen molar-refractivity contribution in [3.63, 3.8) is 0 Å². The summed E-state index contributed by atoms with van der Waals surface area (Å²) in [7, 11) is 0. The van der Waals surface area contributed by atoms with Crippen LogP contribution in [0.15, 0.2) is 94.8 Å². The molecule has 1 aromatic heterocycles. The van der Waals surface area contributed by atoms with Crippen LogP contribution in [0.3, 0.4) is 0 Å². The summed E-state index contributed by atoms with van der Waals surface area (Å²) in [5, 5.41) is 21.5. The van der Waals surface area contributed by atoms with Gasteiger partial charge in [0.05, 0.1) is 16.4 Å². The third-order valence-corrected chi connectivity index (χ3v) is 7.18. The molecule has 12 heteroatoms. The minimum absolute atomic E-state index is 0.0461. The molecule has 0 fully saturated rings. The molecule has 0 aliphatic heterocycles.